The number of amides is 1. The van der Waals surface area contributed by atoms with Crippen LogP contribution in [-0.2, 0) is 10.2 Å². The minimum Gasteiger partial charge on any atom is -0.396 e. The van der Waals surface area contributed by atoms with Crippen molar-refractivity contribution < 1.29 is 9.90 Å². The number of nitrogens with one attached hydrogen (secondary N) is 1. The van der Waals surface area contributed by atoms with Gasteiger partial charge in [0, 0.05) is 13.2 Å². The molecule has 0 heterocycles. The van der Waals surface area contributed by atoms with E-state index in [0.717, 1.165) is 31.2 Å². The molecule has 1 atom stereocenters. The molecule has 0 bridgehead atoms. The second kappa shape index (κ2) is 6.20. The third kappa shape index (κ3) is 3.35. The lowest BCUT2D eigenvalue weighted by atomic mass is 9.95. The lowest BCUT2D eigenvalue weighted by Crippen LogP contribution is -2.35. The van der Waals surface area contributed by atoms with Gasteiger partial charge in [-0.25, -0.2) is 0 Å². The molecule has 1 fully saturated rings. The third-order valence-corrected chi connectivity index (χ3v) is 3.98. The van der Waals surface area contributed by atoms with Gasteiger partial charge < -0.3 is 10.4 Å². The fraction of sp³-hybridized carbons (Fsp3) is 0.562. The van der Waals surface area contributed by atoms with E-state index in [9.17, 15) is 4.79 Å². The van der Waals surface area contributed by atoms with Crippen LogP contribution in [-0.4, -0.2) is 24.2 Å². The summed E-state index contributed by atoms with van der Waals surface area (Å²) >= 11 is 0. The van der Waals surface area contributed by atoms with Gasteiger partial charge in [0.05, 0.1) is 5.41 Å². The fourth-order valence-corrected chi connectivity index (χ4v) is 2.44. The van der Waals surface area contributed by atoms with Gasteiger partial charge >= 0.3 is 0 Å². The zero-order valence-electron chi connectivity index (χ0n) is 11.6. The maximum Gasteiger partial charge on any atom is 0.230 e. The number of aliphatic hydroxyl groups excluding tert-OH is 1. The highest BCUT2D eigenvalue weighted by Gasteiger charge is 2.50. The van der Waals surface area contributed by atoms with Crippen molar-refractivity contribution in [2.24, 2.45) is 5.92 Å². The Labute approximate surface area is 115 Å². The molecule has 1 saturated carbocycles. The largest absolute Gasteiger partial charge is 0.396 e. The number of hydrogen-bond donors (Lipinski definition) is 2. The number of hydrogen-bond acceptors (Lipinski definition) is 2. The first kappa shape index (κ1) is 14.1. The minimum atomic E-state index is -0.260. The summed E-state index contributed by atoms with van der Waals surface area (Å²) in [6.45, 7) is 2.95. The molecule has 0 aliphatic heterocycles. The first-order chi connectivity index (χ1) is 9.19. The normalized spacial score (nSPS) is 17.8. The summed E-state index contributed by atoms with van der Waals surface area (Å²) in [5.41, 5.74) is 0.875. The average Bonchev–Trinajstić information content (AvgIpc) is 3.25. The van der Waals surface area contributed by atoms with Crippen molar-refractivity contribution in [1.82, 2.24) is 5.32 Å². The van der Waals surface area contributed by atoms with E-state index in [-0.39, 0.29) is 17.9 Å². The molecule has 1 aromatic rings. The van der Waals surface area contributed by atoms with E-state index in [2.05, 4.69) is 5.32 Å². The van der Waals surface area contributed by atoms with Crippen molar-refractivity contribution in [3.05, 3.63) is 35.9 Å². The van der Waals surface area contributed by atoms with Gasteiger partial charge in [-0.1, -0.05) is 37.3 Å². The Hall–Kier alpha value is -1.35. The Morgan fingerprint density at radius 3 is 2.63 bits per heavy atom. The molecule has 3 heteroatoms. The molecule has 0 saturated heterocycles. The molecule has 2 N–H and O–H groups in total. The summed E-state index contributed by atoms with van der Waals surface area (Å²) in [6, 6.07) is 10.0. The summed E-state index contributed by atoms with van der Waals surface area (Å²) in [5.74, 6) is 0.483. The number of aliphatic hydroxyl groups is 1. The van der Waals surface area contributed by atoms with E-state index in [4.69, 9.17) is 5.11 Å². The smallest absolute Gasteiger partial charge is 0.230 e. The highest BCUT2D eigenvalue weighted by molar-refractivity contribution is 5.91. The van der Waals surface area contributed by atoms with Gasteiger partial charge in [-0.3, -0.25) is 4.79 Å². The summed E-state index contributed by atoms with van der Waals surface area (Å²) in [4.78, 5) is 12.3. The number of carbonyl (C=O) groups excluding carboxylic acids is 1. The Balaban J connectivity index is 1.81. The molecular weight excluding hydrogens is 238 g/mol. The van der Waals surface area contributed by atoms with Crippen LogP contribution in [0.3, 0.4) is 0 Å². The van der Waals surface area contributed by atoms with Crippen LogP contribution >= 0.6 is 0 Å². The van der Waals surface area contributed by atoms with Gasteiger partial charge in [0.25, 0.3) is 0 Å². The van der Waals surface area contributed by atoms with Crippen LogP contribution < -0.4 is 5.32 Å². The standard InChI is InChI=1S/C16H23NO2/c1-13(12-18)6-5-11-17-15(19)16(9-10-16)14-7-3-2-4-8-14/h2-4,7-8,13,18H,5-6,9-12H2,1H3,(H,17,19). The predicted octanol–water partition coefficient (Wildman–Crippen LogP) is 2.24. The Kier molecular flexibility index (Phi) is 4.59. The topological polar surface area (TPSA) is 49.3 Å². The van der Waals surface area contributed by atoms with Crippen molar-refractivity contribution in [2.75, 3.05) is 13.2 Å². The van der Waals surface area contributed by atoms with Crippen LogP contribution in [0.5, 0.6) is 0 Å². The van der Waals surface area contributed by atoms with Crippen molar-refractivity contribution in [3.8, 4) is 0 Å². The van der Waals surface area contributed by atoms with Crippen molar-refractivity contribution in [1.29, 1.82) is 0 Å². The molecule has 1 amide bonds. The predicted molar refractivity (Wildman–Crippen MR) is 75.8 cm³/mol. The molecule has 0 spiro atoms. The summed E-state index contributed by atoms with van der Waals surface area (Å²) < 4.78 is 0. The molecule has 2 rings (SSSR count). The summed E-state index contributed by atoms with van der Waals surface area (Å²) in [7, 11) is 0. The van der Waals surface area contributed by atoms with Crippen LogP contribution in [0.25, 0.3) is 0 Å². The zero-order chi connectivity index (χ0) is 13.7. The van der Waals surface area contributed by atoms with E-state index in [1.54, 1.807) is 0 Å². The van der Waals surface area contributed by atoms with Gasteiger partial charge in [-0.2, -0.15) is 0 Å². The zero-order valence-corrected chi connectivity index (χ0v) is 11.6. The third-order valence-electron chi connectivity index (χ3n) is 3.98. The quantitative estimate of drug-likeness (QED) is 0.740. The molecule has 1 unspecified atom stereocenters. The SMILES string of the molecule is CC(CO)CCCNC(=O)C1(c2ccccc2)CC1. The van der Waals surface area contributed by atoms with E-state index in [1.807, 2.05) is 37.3 Å². The van der Waals surface area contributed by atoms with Gasteiger partial charge in [-0.15, -0.1) is 0 Å². The van der Waals surface area contributed by atoms with Crippen molar-refractivity contribution in [3.63, 3.8) is 0 Å². The van der Waals surface area contributed by atoms with Crippen LogP contribution in [0.1, 0.15) is 38.2 Å². The first-order valence-corrected chi connectivity index (χ1v) is 7.14. The van der Waals surface area contributed by atoms with Gasteiger partial charge in [-0.05, 0) is 37.2 Å². The van der Waals surface area contributed by atoms with Gasteiger partial charge in [0.15, 0.2) is 0 Å². The van der Waals surface area contributed by atoms with Crippen molar-refractivity contribution >= 4 is 5.91 Å². The summed E-state index contributed by atoms with van der Waals surface area (Å²) in [6.07, 6.45) is 3.79. The molecule has 1 aliphatic carbocycles. The van der Waals surface area contributed by atoms with Crippen LogP contribution in [0.4, 0.5) is 0 Å². The Bertz CT molecular complexity index is 412. The lowest BCUT2D eigenvalue weighted by molar-refractivity contribution is -0.123. The molecule has 0 radical (unpaired) electrons. The Morgan fingerprint density at radius 2 is 2.05 bits per heavy atom. The molecule has 1 aliphatic rings. The highest BCUT2D eigenvalue weighted by atomic mass is 16.3. The van der Waals surface area contributed by atoms with Gasteiger partial charge in [0.2, 0.25) is 5.91 Å². The number of benzene rings is 1. The first-order valence-electron chi connectivity index (χ1n) is 7.14. The number of carbonyl (C=O) groups is 1. The van der Waals surface area contributed by atoms with E-state index >= 15 is 0 Å². The molecular formula is C16H23NO2. The lowest BCUT2D eigenvalue weighted by Gasteiger charge is -2.16. The molecule has 0 aromatic heterocycles. The molecule has 104 valence electrons. The van der Waals surface area contributed by atoms with Crippen molar-refractivity contribution in [2.45, 2.75) is 38.0 Å². The maximum atomic E-state index is 12.3. The van der Waals surface area contributed by atoms with Crippen LogP contribution in [0, 0.1) is 5.92 Å². The molecule has 3 nitrogen and oxygen atoms in total. The highest BCUT2D eigenvalue weighted by Crippen LogP contribution is 2.48. The van der Waals surface area contributed by atoms with Gasteiger partial charge in [0.1, 0.15) is 0 Å². The van der Waals surface area contributed by atoms with E-state index in [1.165, 1.54) is 0 Å². The Morgan fingerprint density at radius 1 is 1.37 bits per heavy atom. The molecule has 1 aromatic carbocycles. The maximum absolute atomic E-state index is 12.3. The van der Waals surface area contributed by atoms with Crippen LogP contribution in [0.2, 0.25) is 0 Å². The van der Waals surface area contributed by atoms with Crippen LogP contribution in [0.15, 0.2) is 30.3 Å². The minimum absolute atomic E-state index is 0.162. The second-order valence-electron chi connectivity index (χ2n) is 5.63. The fourth-order valence-electron chi connectivity index (χ4n) is 2.44. The summed E-state index contributed by atoms with van der Waals surface area (Å²) in [5, 5.41) is 12.0. The number of rotatable bonds is 7. The monoisotopic (exact) mass is 261 g/mol. The molecule has 19 heavy (non-hydrogen) atoms. The van der Waals surface area contributed by atoms with E-state index in [0.29, 0.717) is 12.5 Å². The second-order valence-corrected chi connectivity index (χ2v) is 5.63. The average molecular weight is 261 g/mol. The van der Waals surface area contributed by atoms with E-state index < -0.39 is 0 Å².